The summed E-state index contributed by atoms with van der Waals surface area (Å²) >= 11 is 1.41. The molecule has 3 atom stereocenters. The maximum atomic E-state index is 13.0. The normalized spacial score (nSPS) is 18.1. The van der Waals surface area contributed by atoms with Crippen molar-refractivity contribution in [3.63, 3.8) is 0 Å². The summed E-state index contributed by atoms with van der Waals surface area (Å²) < 4.78 is 0. The minimum Gasteiger partial charge on any atom is -0.389 e. The number of hydrogen-bond donors (Lipinski definition) is 4. The Labute approximate surface area is 207 Å². The lowest BCUT2D eigenvalue weighted by Crippen LogP contribution is -2.58. The zero-order valence-corrected chi connectivity index (χ0v) is 21.8. The van der Waals surface area contributed by atoms with Gasteiger partial charge in [-0.15, -0.1) is 11.8 Å². The van der Waals surface area contributed by atoms with Gasteiger partial charge in [0.25, 0.3) is 0 Å². The Morgan fingerprint density at radius 2 is 1.91 bits per heavy atom. The molecule has 9 heteroatoms. The first kappa shape index (κ1) is 28.0. The number of benzene rings is 1. The number of carbonyl (C=O) groups excluding carboxylic acids is 3. The van der Waals surface area contributed by atoms with Gasteiger partial charge in [0.2, 0.25) is 11.8 Å². The molecule has 1 aromatic rings. The maximum Gasteiger partial charge on any atom is 0.317 e. The molecule has 0 bridgehead atoms. The fourth-order valence-corrected chi connectivity index (χ4v) is 4.42. The van der Waals surface area contributed by atoms with Crippen LogP contribution < -0.4 is 16.0 Å². The molecule has 1 saturated heterocycles. The summed E-state index contributed by atoms with van der Waals surface area (Å²) in [6, 6.07) is 8.09. The highest BCUT2D eigenvalue weighted by Crippen LogP contribution is 2.13. The molecule has 0 radical (unpaired) electrons. The maximum absolute atomic E-state index is 13.0. The summed E-state index contributed by atoms with van der Waals surface area (Å²) in [5, 5.41) is 19.8. The molecular weight excluding hydrogens is 452 g/mol. The molecule has 34 heavy (non-hydrogen) atoms. The molecule has 0 saturated carbocycles. The molecule has 4 amide bonds. The van der Waals surface area contributed by atoms with Crippen LogP contribution in [0.1, 0.15) is 46.6 Å². The summed E-state index contributed by atoms with van der Waals surface area (Å²) in [7, 11) is 0. The minimum absolute atomic E-state index is 0.0815. The van der Waals surface area contributed by atoms with Crippen molar-refractivity contribution >= 4 is 29.6 Å². The first-order valence-corrected chi connectivity index (χ1v) is 13.1. The van der Waals surface area contributed by atoms with E-state index < -0.39 is 23.7 Å². The van der Waals surface area contributed by atoms with E-state index in [-0.39, 0.29) is 24.4 Å². The summed E-state index contributed by atoms with van der Waals surface area (Å²) in [5.74, 6) is 0.728. The lowest BCUT2D eigenvalue weighted by molar-refractivity contribution is -0.128. The Morgan fingerprint density at radius 1 is 1.24 bits per heavy atom. The molecule has 3 unspecified atom stereocenters. The quantitative estimate of drug-likeness (QED) is 0.400. The van der Waals surface area contributed by atoms with Crippen LogP contribution in [-0.2, 0) is 16.0 Å². The topological polar surface area (TPSA) is 111 Å². The Balaban J connectivity index is 2.17. The van der Waals surface area contributed by atoms with Crippen LogP contribution in [0.5, 0.6) is 0 Å². The molecule has 1 aliphatic heterocycles. The van der Waals surface area contributed by atoms with Crippen LogP contribution in [0.25, 0.3) is 0 Å². The molecule has 8 nitrogen and oxygen atoms in total. The largest absolute Gasteiger partial charge is 0.389 e. The van der Waals surface area contributed by atoms with Gasteiger partial charge >= 0.3 is 6.03 Å². The highest BCUT2D eigenvalue weighted by atomic mass is 32.2. The zero-order chi connectivity index (χ0) is 25.3. The van der Waals surface area contributed by atoms with Crippen LogP contribution in [0.2, 0.25) is 0 Å². The van der Waals surface area contributed by atoms with Crippen molar-refractivity contribution in [1.82, 2.24) is 20.9 Å². The molecule has 1 fully saturated rings. The molecule has 1 heterocycles. The molecule has 4 N–H and O–H groups in total. The molecular formula is C25H40N4O4S. The van der Waals surface area contributed by atoms with Gasteiger partial charge in [0.05, 0.1) is 24.4 Å². The second-order valence-electron chi connectivity index (χ2n) is 10.3. The number of hydrogen-bond acceptors (Lipinski definition) is 5. The third-order valence-corrected chi connectivity index (χ3v) is 6.45. The predicted molar refractivity (Wildman–Crippen MR) is 137 cm³/mol. The van der Waals surface area contributed by atoms with Crippen LogP contribution >= 0.6 is 11.8 Å². The highest BCUT2D eigenvalue weighted by Gasteiger charge is 2.31. The van der Waals surface area contributed by atoms with Gasteiger partial charge in [-0.05, 0) is 45.1 Å². The van der Waals surface area contributed by atoms with Crippen LogP contribution in [0.15, 0.2) is 30.3 Å². The Kier molecular flexibility index (Phi) is 10.7. The Bertz CT molecular complexity index is 813. The summed E-state index contributed by atoms with van der Waals surface area (Å²) in [6.07, 6.45) is 0.209. The molecule has 2 rings (SSSR count). The van der Waals surface area contributed by atoms with Gasteiger partial charge in [0.15, 0.2) is 0 Å². The lowest BCUT2D eigenvalue weighted by Gasteiger charge is -2.33. The number of aliphatic hydroxyl groups excluding tert-OH is 1. The third-order valence-electron chi connectivity index (χ3n) is 5.41. The van der Waals surface area contributed by atoms with Crippen molar-refractivity contribution in [1.29, 1.82) is 0 Å². The van der Waals surface area contributed by atoms with Crippen molar-refractivity contribution in [2.24, 2.45) is 5.92 Å². The van der Waals surface area contributed by atoms with E-state index in [0.29, 0.717) is 30.4 Å². The summed E-state index contributed by atoms with van der Waals surface area (Å²) in [6.45, 7) is 10.5. The fourth-order valence-electron chi connectivity index (χ4n) is 3.57. The number of urea groups is 1. The van der Waals surface area contributed by atoms with Gasteiger partial charge in [-0.3, -0.25) is 9.59 Å². The number of aliphatic hydroxyl groups is 1. The molecule has 1 aromatic carbocycles. The summed E-state index contributed by atoms with van der Waals surface area (Å²) in [4.78, 5) is 39.2. The molecule has 190 valence electrons. The molecule has 0 aromatic heterocycles. The summed E-state index contributed by atoms with van der Waals surface area (Å²) in [5.41, 5.74) is 0.550. The number of nitrogens with zero attached hydrogens (tertiary/aromatic N) is 1. The van der Waals surface area contributed by atoms with E-state index in [1.165, 1.54) is 11.8 Å². The van der Waals surface area contributed by atoms with E-state index in [2.05, 4.69) is 29.8 Å². The predicted octanol–water partition coefficient (Wildman–Crippen LogP) is 2.16. The van der Waals surface area contributed by atoms with Crippen LogP contribution in [0, 0.1) is 5.92 Å². The van der Waals surface area contributed by atoms with Gasteiger partial charge in [0, 0.05) is 17.8 Å². The third kappa shape index (κ3) is 9.93. The standard InChI is InChI=1S/C25H40N4O4S/c1-17(2)11-12-29(24(33)28-25(3,4)5)14-21(30)19(13-18-9-7-6-8-10-18)27-23(32)20-15-34-16-22(31)26-20/h6-10,17,19-21,30H,11-16H2,1-5H3,(H,26,31)(H,27,32)(H,28,33). The minimum atomic E-state index is -0.992. The number of carbonyl (C=O) groups is 3. The number of amides is 4. The average molecular weight is 493 g/mol. The lowest BCUT2D eigenvalue weighted by atomic mass is 10.00. The molecule has 1 aliphatic rings. The van der Waals surface area contributed by atoms with Crippen molar-refractivity contribution in [3.05, 3.63) is 35.9 Å². The van der Waals surface area contributed by atoms with Gasteiger partial charge in [-0.2, -0.15) is 0 Å². The fraction of sp³-hybridized carbons (Fsp3) is 0.640. The highest BCUT2D eigenvalue weighted by molar-refractivity contribution is 8.00. The van der Waals surface area contributed by atoms with Crippen molar-refractivity contribution in [2.75, 3.05) is 24.6 Å². The van der Waals surface area contributed by atoms with Gasteiger partial charge in [0.1, 0.15) is 6.04 Å². The van der Waals surface area contributed by atoms with E-state index in [4.69, 9.17) is 0 Å². The monoisotopic (exact) mass is 492 g/mol. The van der Waals surface area contributed by atoms with Gasteiger partial charge < -0.3 is 26.0 Å². The number of rotatable bonds is 10. The van der Waals surface area contributed by atoms with E-state index in [1.54, 1.807) is 4.90 Å². The second kappa shape index (κ2) is 13.0. The SMILES string of the molecule is CC(C)CCN(CC(O)C(Cc1ccccc1)NC(=O)C1CSCC(=O)N1)C(=O)NC(C)(C)C. The van der Waals surface area contributed by atoms with Crippen molar-refractivity contribution in [2.45, 2.75) is 71.2 Å². The average Bonchev–Trinajstić information content (AvgIpc) is 2.75. The first-order chi connectivity index (χ1) is 15.9. The van der Waals surface area contributed by atoms with E-state index in [0.717, 1.165) is 12.0 Å². The Morgan fingerprint density at radius 3 is 2.50 bits per heavy atom. The van der Waals surface area contributed by atoms with Gasteiger partial charge in [-0.1, -0.05) is 44.2 Å². The molecule has 0 spiro atoms. The van der Waals surface area contributed by atoms with Crippen molar-refractivity contribution in [3.8, 4) is 0 Å². The number of nitrogens with one attached hydrogen (secondary N) is 3. The van der Waals surface area contributed by atoms with Crippen LogP contribution in [0.3, 0.4) is 0 Å². The van der Waals surface area contributed by atoms with Gasteiger partial charge in [-0.25, -0.2) is 4.79 Å². The van der Waals surface area contributed by atoms with E-state index >= 15 is 0 Å². The van der Waals surface area contributed by atoms with Crippen LogP contribution in [0.4, 0.5) is 4.79 Å². The van der Waals surface area contributed by atoms with E-state index in [9.17, 15) is 19.5 Å². The molecule has 0 aliphatic carbocycles. The number of thioether (sulfide) groups is 1. The second-order valence-corrected chi connectivity index (χ2v) is 11.3. The Hall–Kier alpha value is -2.26. The van der Waals surface area contributed by atoms with Crippen molar-refractivity contribution < 1.29 is 19.5 Å². The smallest absolute Gasteiger partial charge is 0.317 e. The van der Waals surface area contributed by atoms with Crippen LogP contribution in [-0.4, -0.2) is 76.2 Å². The zero-order valence-electron chi connectivity index (χ0n) is 21.0. The first-order valence-electron chi connectivity index (χ1n) is 11.9. The van der Waals surface area contributed by atoms with E-state index in [1.807, 2.05) is 51.1 Å².